The van der Waals surface area contributed by atoms with Gasteiger partial charge >= 0.3 is 0 Å². The number of nitrogens with one attached hydrogen (secondary N) is 1. The summed E-state index contributed by atoms with van der Waals surface area (Å²) in [5, 5.41) is 6.60. The predicted molar refractivity (Wildman–Crippen MR) is 147 cm³/mol. The number of sulfonamides is 1. The van der Waals surface area contributed by atoms with Gasteiger partial charge in [-0.2, -0.15) is 5.10 Å². The summed E-state index contributed by atoms with van der Waals surface area (Å²) in [6, 6.07) is 20.0. The number of hydrogen-bond acceptors (Lipinski definition) is 4. The molecule has 4 aromatic rings. The van der Waals surface area contributed by atoms with Gasteiger partial charge in [-0.3, -0.25) is 9.10 Å². The van der Waals surface area contributed by atoms with Crippen LogP contribution in [0.4, 0.5) is 5.69 Å². The average molecular weight is 543 g/mol. The fourth-order valence-corrected chi connectivity index (χ4v) is 5.25. The first-order valence-corrected chi connectivity index (χ1v) is 13.6. The monoisotopic (exact) mass is 542 g/mol. The lowest BCUT2D eigenvalue weighted by atomic mass is 10.1. The van der Waals surface area contributed by atoms with E-state index in [0.29, 0.717) is 15.7 Å². The van der Waals surface area contributed by atoms with Gasteiger partial charge in [-0.15, -0.1) is 0 Å². The van der Waals surface area contributed by atoms with E-state index in [1.807, 2.05) is 60.9 Å². The van der Waals surface area contributed by atoms with Crippen LogP contribution in [0.3, 0.4) is 0 Å². The highest BCUT2D eigenvalue weighted by molar-refractivity contribution is 7.92. The van der Waals surface area contributed by atoms with Crippen LogP contribution in [0.25, 0.3) is 16.5 Å². The Balaban J connectivity index is 1.53. The molecule has 1 aromatic heterocycles. The van der Waals surface area contributed by atoms with Crippen molar-refractivity contribution in [2.45, 2.75) is 13.8 Å². The molecule has 0 aliphatic carbocycles. The predicted octanol–water partition coefficient (Wildman–Crippen LogP) is 5.47. The molecule has 3 aromatic carbocycles. The van der Waals surface area contributed by atoms with Gasteiger partial charge in [-0.25, -0.2) is 13.8 Å². The Morgan fingerprint density at radius 2 is 1.75 bits per heavy atom. The third-order valence-electron chi connectivity index (χ3n) is 5.75. The zero-order chi connectivity index (χ0) is 26.0. The summed E-state index contributed by atoms with van der Waals surface area (Å²) in [6.45, 7) is 3.46. The van der Waals surface area contributed by atoms with E-state index in [2.05, 4.69) is 10.5 Å². The lowest BCUT2D eigenvalue weighted by Crippen LogP contribution is -2.39. The second-order valence-corrected chi connectivity index (χ2v) is 11.0. The molecule has 7 nitrogen and oxygen atoms in total. The Labute approximate surface area is 220 Å². The van der Waals surface area contributed by atoms with Crippen LogP contribution in [0.5, 0.6) is 0 Å². The van der Waals surface area contributed by atoms with Gasteiger partial charge in [0.05, 0.1) is 28.2 Å². The van der Waals surface area contributed by atoms with Gasteiger partial charge in [0.2, 0.25) is 10.0 Å². The summed E-state index contributed by atoms with van der Waals surface area (Å²) in [4.78, 5) is 12.7. The third kappa shape index (κ3) is 5.41. The number of carbonyl (C=O) groups is 1. The maximum absolute atomic E-state index is 12.7. The number of anilines is 1. The average Bonchev–Trinajstić information content (AvgIpc) is 3.11. The van der Waals surface area contributed by atoms with E-state index in [4.69, 9.17) is 23.2 Å². The molecule has 10 heteroatoms. The summed E-state index contributed by atoms with van der Waals surface area (Å²) in [5.41, 5.74) is 6.33. The normalized spacial score (nSPS) is 11.8. The molecule has 1 amide bonds. The summed E-state index contributed by atoms with van der Waals surface area (Å²) >= 11 is 12.2. The number of aromatic nitrogens is 1. The molecule has 1 N–H and O–H groups in total. The highest BCUT2D eigenvalue weighted by Gasteiger charge is 2.22. The molecule has 0 saturated heterocycles. The van der Waals surface area contributed by atoms with Gasteiger partial charge in [0.15, 0.2) is 0 Å². The maximum atomic E-state index is 12.7. The molecule has 186 valence electrons. The summed E-state index contributed by atoms with van der Waals surface area (Å²) in [5.74, 6) is -0.567. The van der Waals surface area contributed by atoms with Crippen molar-refractivity contribution in [1.29, 1.82) is 0 Å². The molecule has 0 aliphatic heterocycles. The van der Waals surface area contributed by atoms with E-state index < -0.39 is 22.5 Å². The molecular formula is C26H24Cl2N4O3S. The topological polar surface area (TPSA) is 83.8 Å². The van der Waals surface area contributed by atoms with Crippen LogP contribution in [0.1, 0.15) is 17.0 Å². The Hall–Kier alpha value is -3.33. The van der Waals surface area contributed by atoms with Crippen molar-refractivity contribution < 1.29 is 13.2 Å². The van der Waals surface area contributed by atoms with Gasteiger partial charge in [0.1, 0.15) is 6.54 Å². The SMILES string of the molecule is Cc1cc(/C=N\NC(=O)CN(c2cccc3ccccc23)S(C)(=O)=O)c(C)n1-c1ccc(Cl)c(Cl)c1. The first-order chi connectivity index (χ1) is 17.1. The number of nitrogens with zero attached hydrogens (tertiary/aromatic N) is 3. The first-order valence-electron chi connectivity index (χ1n) is 11.0. The minimum Gasteiger partial charge on any atom is -0.318 e. The van der Waals surface area contributed by atoms with E-state index in [0.717, 1.165) is 44.0 Å². The van der Waals surface area contributed by atoms with Crippen LogP contribution < -0.4 is 9.73 Å². The Bertz CT molecular complexity index is 1590. The molecule has 0 bridgehead atoms. The van der Waals surface area contributed by atoms with Crippen LogP contribution in [-0.4, -0.2) is 37.9 Å². The minimum atomic E-state index is -3.73. The highest BCUT2D eigenvalue weighted by atomic mass is 35.5. The lowest BCUT2D eigenvalue weighted by molar-refractivity contribution is -0.119. The van der Waals surface area contributed by atoms with Crippen molar-refractivity contribution in [3.05, 3.63) is 93.7 Å². The van der Waals surface area contributed by atoms with E-state index in [1.165, 1.54) is 6.21 Å². The molecule has 0 saturated carbocycles. The van der Waals surface area contributed by atoms with E-state index in [9.17, 15) is 13.2 Å². The highest BCUT2D eigenvalue weighted by Crippen LogP contribution is 2.29. The molecule has 4 rings (SSSR count). The number of fused-ring (bicyclic) bond motifs is 1. The van der Waals surface area contributed by atoms with Crippen LogP contribution in [0.2, 0.25) is 10.0 Å². The fourth-order valence-electron chi connectivity index (χ4n) is 4.09. The molecule has 0 atom stereocenters. The summed E-state index contributed by atoms with van der Waals surface area (Å²) < 4.78 is 28.2. The van der Waals surface area contributed by atoms with Gasteiger partial charge < -0.3 is 4.57 Å². The zero-order valence-electron chi connectivity index (χ0n) is 19.9. The smallest absolute Gasteiger partial charge is 0.260 e. The number of halogens is 2. The second-order valence-electron chi connectivity index (χ2n) is 8.32. The third-order valence-corrected chi connectivity index (χ3v) is 7.61. The van der Waals surface area contributed by atoms with Gasteiger partial charge in [0.25, 0.3) is 5.91 Å². The molecule has 1 heterocycles. The fraction of sp³-hybridized carbons (Fsp3) is 0.154. The largest absolute Gasteiger partial charge is 0.318 e. The zero-order valence-corrected chi connectivity index (χ0v) is 22.2. The molecule has 0 radical (unpaired) electrons. The van der Waals surface area contributed by atoms with Crippen molar-refractivity contribution in [2.24, 2.45) is 5.10 Å². The Morgan fingerprint density at radius 3 is 2.47 bits per heavy atom. The Kier molecular flexibility index (Phi) is 7.40. The Morgan fingerprint density at radius 1 is 1.03 bits per heavy atom. The van der Waals surface area contributed by atoms with E-state index >= 15 is 0 Å². The number of benzene rings is 3. The molecule has 0 spiro atoms. The van der Waals surface area contributed by atoms with Crippen LogP contribution in [-0.2, 0) is 14.8 Å². The quantitative estimate of drug-likeness (QED) is 0.248. The standard InChI is InChI=1S/C26H24Cl2N4O3S/c1-17-13-20(18(2)32(17)21-11-12-23(27)24(28)14-21)15-29-30-26(33)16-31(36(3,34)35)25-10-6-8-19-7-4-5-9-22(19)25/h4-15H,16H2,1-3H3,(H,30,33)/b29-15-. The molecule has 0 unspecified atom stereocenters. The van der Waals surface area contributed by atoms with Crippen molar-refractivity contribution >= 4 is 61.8 Å². The summed E-state index contributed by atoms with van der Waals surface area (Å²) in [6.07, 6.45) is 2.60. The maximum Gasteiger partial charge on any atom is 0.260 e. The number of amides is 1. The lowest BCUT2D eigenvalue weighted by Gasteiger charge is -2.23. The van der Waals surface area contributed by atoms with E-state index in [1.54, 1.807) is 24.3 Å². The van der Waals surface area contributed by atoms with Gasteiger partial charge in [-0.1, -0.05) is 59.6 Å². The number of hydrazone groups is 1. The van der Waals surface area contributed by atoms with Gasteiger partial charge in [0, 0.05) is 28.0 Å². The van der Waals surface area contributed by atoms with Crippen molar-refractivity contribution in [3.63, 3.8) is 0 Å². The van der Waals surface area contributed by atoms with Crippen LogP contribution >= 0.6 is 23.2 Å². The number of aryl methyl sites for hydroxylation is 1. The minimum absolute atomic E-state index is 0.410. The van der Waals surface area contributed by atoms with Gasteiger partial charge in [-0.05, 0) is 49.6 Å². The molecule has 0 fully saturated rings. The van der Waals surface area contributed by atoms with Crippen molar-refractivity contribution in [3.8, 4) is 5.69 Å². The molecule has 36 heavy (non-hydrogen) atoms. The van der Waals surface area contributed by atoms with Crippen LogP contribution in [0.15, 0.2) is 71.8 Å². The van der Waals surface area contributed by atoms with Crippen molar-refractivity contribution in [2.75, 3.05) is 17.1 Å². The van der Waals surface area contributed by atoms with Crippen molar-refractivity contribution in [1.82, 2.24) is 9.99 Å². The first kappa shape index (κ1) is 25.8. The summed E-state index contributed by atoms with van der Waals surface area (Å²) in [7, 11) is -3.73. The molecule has 0 aliphatic rings. The second kappa shape index (κ2) is 10.3. The van der Waals surface area contributed by atoms with Crippen LogP contribution in [0, 0.1) is 13.8 Å². The number of rotatable bonds is 7. The number of carbonyl (C=O) groups excluding carboxylic acids is 1. The van der Waals surface area contributed by atoms with E-state index in [-0.39, 0.29) is 0 Å². The number of hydrogen-bond donors (Lipinski definition) is 1. The molecular weight excluding hydrogens is 519 g/mol.